The van der Waals surface area contributed by atoms with Crippen LogP contribution < -0.4 is 10.6 Å². The number of nitrogens with one attached hydrogen (secondary N) is 2. The third-order valence-corrected chi connectivity index (χ3v) is 3.06. The third-order valence-electron chi connectivity index (χ3n) is 3.06. The summed E-state index contributed by atoms with van der Waals surface area (Å²) in [5, 5.41) is 10.1. The van der Waals surface area contributed by atoms with Crippen molar-refractivity contribution < 1.29 is 9.18 Å². The van der Waals surface area contributed by atoms with Crippen molar-refractivity contribution in [3.05, 3.63) is 41.7 Å². The molecule has 1 heterocycles. The summed E-state index contributed by atoms with van der Waals surface area (Å²) in [6, 6.07) is 5.87. The first-order chi connectivity index (χ1) is 10.6. The summed E-state index contributed by atoms with van der Waals surface area (Å²) in [5.41, 5.74) is 0.662. The molecule has 118 valence electrons. The molecule has 0 saturated carbocycles. The Kier molecular flexibility index (Phi) is 5.60. The van der Waals surface area contributed by atoms with Crippen LogP contribution in [-0.2, 0) is 0 Å². The summed E-state index contributed by atoms with van der Waals surface area (Å²) in [4.78, 5) is 16.1. The molecule has 22 heavy (non-hydrogen) atoms. The van der Waals surface area contributed by atoms with Crippen LogP contribution in [0.25, 0.3) is 5.69 Å². The van der Waals surface area contributed by atoms with Crippen molar-refractivity contribution >= 4 is 5.91 Å². The predicted octanol–water partition coefficient (Wildman–Crippen LogP) is 1.44. The van der Waals surface area contributed by atoms with Crippen LogP contribution in [0.5, 0.6) is 0 Å². The number of benzene rings is 1. The molecule has 7 heteroatoms. The van der Waals surface area contributed by atoms with E-state index in [1.807, 2.05) is 0 Å². The molecular formula is C15H20FN5O. The number of aromatic nitrogens is 3. The zero-order valence-electron chi connectivity index (χ0n) is 12.8. The smallest absolute Gasteiger partial charge is 0.291 e. The monoisotopic (exact) mass is 305 g/mol. The highest BCUT2D eigenvalue weighted by atomic mass is 19.1. The number of carbonyl (C=O) groups is 1. The SMILES string of the molecule is CCCNCCNC(=O)c1nc(C)n(-c2ccc(F)cc2)n1. The number of aryl methyl sites for hydroxylation is 1. The second-order valence-electron chi connectivity index (χ2n) is 4.88. The molecule has 1 aromatic carbocycles. The van der Waals surface area contributed by atoms with Crippen LogP contribution in [0.15, 0.2) is 24.3 Å². The minimum Gasteiger partial charge on any atom is -0.348 e. The zero-order chi connectivity index (χ0) is 15.9. The predicted molar refractivity (Wildman–Crippen MR) is 81.5 cm³/mol. The first-order valence-corrected chi connectivity index (χ1v) is 7.30. The highest BCUT2D eigenvalue weighted by molar-refractivity contribution is 5.90. The molecular weight excluding hydrogens is 285 g/mol. The lowest BCUT2D eigenvalue weighted by Crippen LogP contribution is -2.32. The quantitative estimate of drug-likeness (QED) is 0.759. The van der Waals surface area contributed by atoms with Crippen molar-refractivity contribution in [1.82, 2.24) is 25.4 Å². The van der Waals surface area contributed by atoms with Gasteiger partial charge >= 0.3 is 0 Å². The number of halogens is 1. The molecule has 0 atom stereocenters. The van der Waals surface area contributed by atoms with E-state index in [0.717, 1.165) is 13.0 Å². The van der Waals surface area contributed by atoms with E-state index in [2.05, 4.69) is 27.6 Å². The first kappa shape index (κ1) is 16.1. The Morgan fingerprint density at radius 1 is 1.23 bits per heavy atom. The maximum absolute atomic E-state index is 12.9. The molecule has 0 aliphatic heterocycles. The van der Waals surface area contributed by atoms with Gasteiger partial charge in [-0.1, -0.05) is 6.92 Å². The molecule has 0 unspecified atom stereocenters. The number of rotatable bonds is 7. The van der Waals surface area contributed by atoms with E-state index in [1.165, 1.54) is 16.8 Å². The number of amides is 1. The summed E-state index contributed by atoms with van der Waals surface area (Å²) in [5.74, 6) is 0.0412. The molecule has 0 radical (unpaired) electrons. The van der Waals surface area contributed by atoms with Crippen molar-refractivity contribution in [3.8, 4) is 5.69 Å². The molecule has 0 saturated heterocycles. The average Bonchev–Trinajstić information content (AvgIpc) is 2.90. The molecule has 0 aliphatic carbocycles. The maximum atomic E-state index is 12.9. The molecule has 0 bridgehead atoms. The van der Waals surface area contributed by atoms with Crippen molar-refractivity contribution in [2.45, 2.75) is 20.3 Å². The fraction of sp³-hybridized carbons (Fsp3) is 0.400. The van der Waals surface area contributed by atoms with E-state index in [-0.39, 0.29) is 17.5 Å². The van der Waals surface area contributed by atoms with E-state index >= 15 is 0 Å². The van der Waals surface area contributed by atoms with Gasteiger partial charge in [-0.05, 0) is 44.2 Å². The molecule has 2 aromatic rings. The molecule has 0 spiro atoms. The van der Waals surface area contributed by atoms with Gasteiger partial charge < -0.3 is 10.6 Å². The lowest BCUT2D eigenvalue weighted by molar-refractivity contribution is 0.0943. The first-order valence-electron chi connectivity index (χ1n) is 7.30. The Labute approximate surface area is 128 Å². The second kappa shape index (κ2) is 7.65. The Morgan fingerprint density at radius 2 is 1.95 bits per heavy atom. The van der Waals surface area contributed by atoms with Gasteiger partial charge in [0.05, 0.1) is 5.69 Å². The van der Waals surface area contributed by atoms with Crippen molar-refractivity contribution in [1.29, 1.82) is 0 Å². The minimum absolute atomic E-state index is 0.109. The highest BCUT2D eigenvalue weighted by Gasteiger charge is 2.14. The van der Waals surface area contributed by atoms with Gasteiger partial charge in [-0.25, -0.2) is 14.1 Å². The second-order valence-corrected chi connectivity index (χ2v) is 4.88. The van der Waals surface area contributed by atoms with Gasteiger partial charge in [0.25, 0.3) is 5.91 Å². The van der Waals surface area contributed by atoms with E-state index in [4.69, 9.17) is 0 Å². The summed E-state index contributed by atoms with van der Waals surface area (Å²) in [6.45, 7) is 5.98. The summed E-state index contributed by atoms with van der Waals surface area (Å²) in [7, 11) is 0. The largest absolute Gasteiger partial charge is 0.348 e. The molecule has 0 aliphatic rings. The minimum atomic E-state index is -0.320. The van der Waals surface area contributed by atoms with Gasteiger partial charge in [0.15, 0.2) is 0 Å². The third kappa shape index (κ3) is 4.11. The van der Waals surface area contributed by atoms with Crippen LogP contribution in [0, 0.1) is 12.7 Å². The van der Waals surface area contributed by atoms with Crippen molar-refractivity contribution in [2.24, 2.45) is 0 Å². The molecule has 1 amide bonds. The van der Waals surface area contributed by atoms with Gasteiger partial charge in [0, 0.05) is 13.1 Å². The van der Waals surface area contributed by atoms with Gasteiger partial charge in [0.1, 0.15) is 11.6 Å². The average molecular weight is 305 g/mol. The van der Waals surface area contributed by atoms with Crippen molar-refractivity contribution in [3.63, 3.8) is 0 Å². The molecule has 0 fully saturated rings. The van der Waals surface area contributed by atoms with Gasteiger partial charge in [-0.2, -0.15) is 0 Å². The number of hydrogen-bond donors (Lipinski definition) is 2. The standard InChI is InChI=1S/C15H20FN5O/c1-3-8-17-9-10-18-15(22)14-19-11(2)21(20-14)13-6-4-12(16)5-7-13/h4-7,17H,3,8-10H2,1-2H3,(H,18,22). The maximum Gasteiger partial charge on any atom is 0.291 e. The lowest BCUT2D eigenvalue weighted by Gasteiger charge is -2.04. The Hall–Kier alpha value is -2.28. The molecule has 2 rings (SSSR count). The fourth-order valence-electron chi connectivity index (χ4n) is 1.96. The van der Waals surface area contributed by atoms with E-state index in [0.29, 0.717) is 24.6 Å². The summed E-state index contributed by atoms with van der Waals surface area (Å²) < 4.78 is 14.5. The molecule has 2 N–H and O–H groups in total. The highest BCUT2D eigenvalue weighted by Crippen LogP contribution is 2.10. The molecule has 6 nitrogen and oxygen atoms in total. The van der Waals surface area contributed by atoms with Crippen LogP contribution in [-0.4, -0.2) is 40.3 Å². The van der Waals surface area contributed by atoms with E-state index in [1.54, 1.807) is 19.1 Å². The zero-order valence-corrected chi connectivity index (χ0v) is 12.8. The van der Waals surface area contributed by atoms with Crippen LogP contribution in [0.1, 0.15) is 29.8 Å². The van der Waals surface area contributed by atoms with Crippen LogP contribution in [0.3, 0.4) is 0 Å². The number of hydrogen-bond acceptors (Lipinski definition) is 4. The van der Waals surface area contributed by atoms with Gasteiger partial charge in [-0.3, -0.25) is 4.79 Å². The summed E-state index contributed by atoms with van der Waals surface area (Å²) in [6.07, 6.45) is 1.05. The van der Waals surface area contributed by atoms with Gasteiger partial charge in [-0.15, -0.1) is 5.10 Å². The number of nitrogens with zero attached hydrogens (tertiary/aromatic N) is 3. The van der Waals surface area contributed by atoms with Crippen LogP contribution in [0.2, 0.25) is 0 Å². The van der Waals surface area contributed by atoms with Crippen molar-refractivity contribution in [2.75, 3.05) is 19.6 Å². The fourth-order valence-corrected chi connectivity index (χ4v) is 1.96. The number of carbonyl (C=O) groups excluding carboxylic acids is 1. The molecule has 1 aromatic heterocycles. The van der Waals surface area contributed by atoms with Crippen LogP contribution >= 0.6 is 0 Å². The normalized spacial score (nSPS) is 10.7. The Morgan fingerprint density at radius 3 is 2.64 bits per heavy atom. The van der Waals surface area contributed by atoms with E-state index in [9.17, 15) is 9.18 Å². The van der Waals surface area contributed by atoms with E-state index < -0.39 is 0 Å². The Balaban J connectivity index is 1.99. The van der Waals surface area contributed by atoms with Crippen LogP contribution in [0.4, 0.5) is 4.39 Å². The summed E-state index contributed by atoms with van der Waals surface area (Å²) >= 11 is 0. The Bertz CT molecular complexity index is 623. The topological polar surface area (TPSA) is 71.8 Å². The van der Waals surface area contributed by atoms with Gasteiger partial charge in [0.2, 0.25) is 5.82 Å². The lowest BCUT2D eigenvalue weighted by atomic mass is 10.3.